The molecular weight excluding hydrogens is 422 g/mol. The van der Waals surface area contributed by atoms with E-state index in [4.69, 9.17) is 21.0 Å². The molecule has 5 nitrogen and oxygen atoms in total. The molecule has 5 rings (SSSR count). The number of hydrogen-bond donors (Lipinski definition) is 0. The molecule has 0 aliphatic carbocycles. The third-order valence-electron chi connectivity index (χ3n) is 6.04. The van der Waals surface area contributed by atoms with Crippen molar-refractivity contribution in [1.29, 1.82) is 0 Å². The molecule has 0 atom stereocenters. The van der Waals surface area contributed by atoms with Crippen molar-refractivity contribution in [2.45, 2.75) is 39.3 Å². The minimum atomic E-state index is 0.0499. The lowest BCUT2D eigenvalue weighted by molar-refractivity contribution is 0.240. The van der Waals surface area contributed by atoms with Crippen LogP contribution < -0.4 is 5.43 Å². The molecule has 1 aliphatic heterocycles. The zero-order chi connectivity index (χ0) is 22.2. The van der Waals surface area contributed by atoms with E-state index in [1.54, 1.807) is 6.26 Å². The van der Waals surface area contributed by atoms with Gasteiger partial charge in [0.1, 0.15) is 5.58 Å². The van der Waals surface area contributed by atoms with Crippen LogP contribution in [0.25, 0.3) is 22.4 Å². The van der Waals surface area contributed by atoms with Gasteiger partial charge in [-0.3, -0.25) is 9.69 Å². The van der Waals surface area contributed by atoms with Crippen molar-refractivity contribution in [1.82, 2.24) is 14.9 Å². The molecule has 0 fully saturated rings. The number of benzene rings is 2. The normalized spacial score (nSPS) is 14.1. The average Bonchev–Trinajstić information content (AvgIpc) is 2.81. The molecule has 0 N–H and O–H groups in total. The maximum atomic E-state index is 13.1. The Morgan fingerprint density at radius 3 is 2.75 bits per heavy atom. The average molecular weight is 446 g/mol. The van der Waals surface area contributed by atoms with Crippen LogP contribution in [0.4, 0.5) is 0 Å². The molecule has 0 spiro atoms. The minimum absolute atomic E-state index is 0.0499. The quantitative estimate of drug-likeness (QED) is 0.410. The maximum absolute atomic E-state index is 13.1. The van der Waals surface area contributed by atoms with E-state index in [9.17, 15) is 4.79 Å². The predicted octanol–water partition coefficient (Wildman–Crippen LogP) is 5.59. The number of fused-ring (bicyclic) bond motifs is 2. The standard InChI is InChI=1S/C26H24ClN3O2/c1-16(2)18-5-8-24-22(11-18)25(31)20(15-32-24)14-30-10-9-23-19(13-30)12-28-26(29-23)17-3-6-21(27)7-4-17/h3-8,11-12,15-16H,9-10,13-14H2,1-2H3. The van der Waals surface area contributed by atoms with E-state index in [1.807, 2.05) is 48.7 Å². The van der Waals surface area contributed by atoms with Crippen LogP contribution in [-0.2, 0) is 19.5 Å². The molecule has 0 radical (unpaired) electrons. The molecule has 0 amide bonds. The molecule has 0 unspecified atom stereocenters. The van der Waals surface area contributed by atoms with Crippen LogP contribution in [0.2, 0.25) is 5.02 Å². The Balaban J connectivity index is 1.37. The van der Waals surface area contributed by atoms with Gasteiger partial charge in [0.25, 0.3) is 0 Å². The van der Waals surface area contributed by atoms with Gasteiger partial charge >= 0.3 is 0 Å². The monoisotopic (exact) mass is 445 g/mol. The highest BCUT2D eigenvalue weighted by Crippen LogP contribution is 2.24. The maximum Gasteiger partial charge on any atom is 0.197 e. The highest BCUT2D eigenvalue weighted by atomic mass is 35.5. The van der Waals surface area contributed by atoms with Crippen LogP contribution >= 0.6 is 11.6 Å². The second-order valence-electron chi connectivity index (χ2n) is 8.63. The van der Waals surface area contributed by atoms with Gasteiger partial charge in [0, 0.05) is 54.0 Å². The number of hydrogen-bond acceptors (Lipinski definition) is 5. The van der Waals surface area contributed by atoms with Gasteiger partial charge in [-0.15, -0.1) is 0 Å². The molecule has 0 bridgehead atoms. The Kier molecular flexibility index (Phi) is 5.53. The van der Waals surface area contributed by atoms with Gasteiger partial charge in [-0.1, -0.05) is 31.5 Å². The van der Waals surface area contributed by atoms with E-state index in [1.165, 1.54) is 0 Å². The van der Waals surface area contributed by atoms with Crippen molar-refractivity contribution >= 4 is 22.6 Å². The highest BCUT2D eigenvalue weighted by molar-refractivity contribution is 6.30. The molecule has 2 aromatic carbocycles. The van der Waals surface area contributed by atoms with E-state index < -0.39 is 0 Å². The summed E-state index contributed by atoms with van der Waals surface area (Å²) < 4.78 is 5.78. The van der Waals surface area contributed by atoms with E-state index in [-0.39, 0.29) is 5.43 Å². The Morgan fingerprint density at radius 1 is 1.16 bits per heavy atom. The van der Waals surface area contributed by atoms with Gasteiger partial charge in [-0.05, 0) is 47.9 Å². The van der Waals surface area contributed by atoms with Crippen LogP contribution in [0.5, 0.6) is 0 Å². The van der Waals surface area contributed by atoms with E-state index in [2.05, 4.69) is 23.7 Å². The second kappa shape index (κ2) is 8.49. The summed E-state index contributed by atoms with van der Waals surface area (Å²) in [7, 11) is 0. The van der Waals surface area contributed by atoms with Crippen molar-refractivity contribution in [2.75, 3.05) is 6.54 Å². The Hall–Kier alpha value is -3.02. The van der Waals surface area contributed by atoms with Crippen LogP contribution in [-0.4, -0.2) is 21.4 Å². The van der Waals surface area contributed by atoms with Crippen molar-refractivity contribution in [3.05, 3.63) is 92.6 Å². The van der Waals surface area contributed by atoms with Gasteiger partial charge in [0.15, 0.2) is 11.3 Å². The lowest BCUT2D eigenvalue weighted by Crippen LogP contribution is -2.32. The third-order valence-corrected chi connectivity index (χ3v) is 6.30. The molecule has 3 heterocycles. The van der Waals surface area contributed by atoms with Gasteiger partial charge in [-0.25, -0.2) is 9.97 Å². The Morgan fingerprint density at radius 2 is 1.97 bits per heavy atom. The van der Waals surface area contributed by atoms with E-state index >= 15 is 0 Å². The topological polar surface area (TPSA) is 59.2 Å². The zero-order valence-electron chi connectivity index (χ0n) is 18.1. The summed E-state index contributed by atoms with van der Waals surface area (Å²) in [4.78, 5) is 24.7. The SMILES string of the molecule is CC(C)c1ccc2occ(CN3CCc4nc(-c5ccc(Cl)cc5)ncc4C3)c(=O)c2c1. The molecule has 162 valence electrons. The molecule has 4 aromatic rings. The number of rotatable bonds is 4. The van der Waals surface area contributed by atoms with Crippen LogP contribution in [0, 0.1) is 0 Å². The van der Waals surface area contributed by atoms with E-state index in [0.717, 1.165) is 35.3 Å². The highest BCUT2D eigenvalue weighted by Gasteiger charge is 2.20. The first kappa shape index (κ1) is 20.9. The summed E-state index contributed by atoms with van der Waals surface area (Å²) in [5.74, 6) is 1.07. The summed E-state index contributed by atoms with van der Waals surface area (Å²) in [6, 6.07) is 13.4. The smallest absolute Gasteiger partial charge is 0.197 e. The molecule has 6 heteroatoms. The van der Waals surface area contributed by atoms with Crippen molar-refractivity contribution in [3.63, 3.8) is 0 Å². The fourth-order valence-corrected chi connectivity index (χ4v) is 4.27. The number of aromatic nitrogens is 2. The van der Waals surface area contributed by atoms with Crippen molar-refractivity contribution in [3.8, 4) is 11.4 Å². The van der Waals surface area contributed by atoms with E-state index in [0.29, 0.717) is 46.4 Å². The first-order valence-electron chi connectivity index (χ1n) is 10.9. The third kappa shape index (κ3) is 4.06. The fourth-order valence-electron chi connectivity index (χ4n) is 4.15. The summed E-state index contributed by atoms with van der Waals surface area (Å²) in [6.07, 6.45) is 4.32. The van der Waals surface area contributed by atoms with Crippen LogP contribution in [0.1, 0.15) is 42.1 Å². The van der Waals surface area contributed by atoms with Crippen LogP contribution in [0.15, 0.2) is 64.1 Å². The Labute approximate surface area is 191 Å². The second-order valence-corrected chi connectivity index (χ2v) is 9.07. The molecular formula is C26H24ClN3O2. The number of nitrogens with zero attached hydrogens (tertiary/aromatic N) is 3. The predicted molar refractivity (Wildman–Crippen MR) is 127 cm³/mol. The van der Waals surface area contributed by atoms with Crippen molar-refractivity contribution in [2.24, 2.45) is 0 Å². The summed E-state index contributed by atoms with van der Waals surface area (Å²) in [6.45, 7) is 6.33. The first-order valence-corrected chi connectivity index (χ1v) is 11.2. The molecule has 1 aliphatic rings. The van der Waals surface area contributed by atoms with Gasteiger partial charge in [0.05, 0.1) is 17.3 Å². The minimum Gasteiger partial charge on any atom is -0.464 e. The molecule has 32 heavy (non-hydrogen) atoms. The Bertz CT molecular complexity index is 1350. The summed E-state index contributed by atoms with van der Waals surface area (Å²) in [5, 5.41) is 1.35. The van der Waals surface area contributed by atoms with Gasteiger partial charge in [-0.2, -0.15) is 0 Å². The molecule has 0 saturated heterocycles. The zero-order valence-corrected chi connectivity index (χ0v) is 18.9. The van der Waals surface area contributed by atoms with Gasteiger partial charge in [0.2, 0.25) is 0 Å². The largest absolute Gasteiger partial charge is 0.464 e. The summed E-state index contributed by atoms with van der Waals surface area (Å²) in [5.41, 5.74) is 5.62. The fraction of sp³-hybridized carbons (Fsp3) is 0.269. The van der Waals surface area contributed by atoms with Crippen molar-refractivity contribution < 1.29 is 4.42 Å². The number of halogens is 1. The van der Waals surface area contributed by atoms with Gasteiger partial charge < -0.3 is 4.42 Å². The summed E-state index contributed by atoms with van der Waals surface area (Å²) >= 11 is 5.99. The lowest BCUT2D eigenvalue weighted by Gasteiger charge is -2.27. The van der Waals surface area contributed by atoms with Crippen LogP contribution in [0.3, 0.4) is 0 Å². The molecule has 2 aromatic heterocycles. The molecule has 0 saturated carbocycles. The lowest BCUT2D eigenvalue weighted by atomic mass is 10.0. The first-order chi connectivity index (χ1) is 15.5.